The lowest BCUT2D eigenvalue weighted by molar-refractivity contribution is -0.131. The first-order chi connectivity index (χ1) is 12.5. The van der Waals surface area contributed by atoms with Crippen molar-refractivity contribution in [1.29, 1.82) is 0 Å². The summed E-state index contributed by atoms with van der Waals surface area (Å²) in [5.74, 6) is -3.17. The van der Waals surface area contributed by atoms with Gasteiger partial charge in [-0.1, -0.05) is 0 Å². The summed E-state index contributed by atoms with van der Waals surface area (Å²) >= 11 is 0. The number of benzene rings is 1. The summed E-state index contributed by atoms with van der Waals surface area (Å²) in [7, 11) is 0. The maximum atomic E-state index is 12.0. The Bertz CT molecular complexity index is 754. The smallest absolute Gasteiger partial charge is 0.360 e. The highest BCUT2D eigenvalue weighted by molar-refractivity contribution is 6.39. The standard InChI is InChI=1S/C18H16N2O6/c21-15(25-17(23)13-3-1-9-19-13)11-5-7-12(8-6-11)16(22)26-18(24)14-4-2-10-20-14/h5-8H,1-4,9-10H2. The minimum absolute atomic E-state index is 0.0972. The van der Waals surface area contributed by atoms with Crippen LogP contribution < -0.4 is 0 Å². The van der Waals surface area contributed by atoms with E-state index in [2.05, 4.69) is 9.98 Å². The minimum Gasteiger partial charge on any atom is -0.385 e. The molecule has 1 aromatic rings. The summed E-state index contributed by atoms with van der Waals surface area (Å²) in [5, 5.41) is 0. The lowest BCUT2D eigenvalue weighted by Gasteiger charge is -2.05. The first-order valence-corrected chi connectivity index (χ1v) is 8.24. The molecule has 26 heavy (non-hydrogen) atoms. The molecule has 0 radical (unpaired) electrons. The fraction of sp³-hybridized carbons (Fsp3) is 0.333. The molecule has 0 unspecified atom stereocenters. The van der Waals surface area contributed by atoms with Crippen LogP contribution in [0.25, 0.3) is 0 Å². The molecule has 0 fully saturated rings. The van der Waals surface area contributed by atoms with Gasteiger partial charge in [0.05, 0.1) is 11.1 Å². The number of esters is 4. The lowest BCUT2D eigenvalue weighted by atomic mass is 10.1. The monoisotopic (exact) mass is 356 g/mol. The van der Waals surface area contributed by atoms with Gasteiger partial charge >= 0.3 is 23.9 Å². The molecule has 0 saturated heterocycles. The van der Waals surface area contributed by atoms with Crippen LogP contribution in [0, 0.1) is 0 Å². The van der Waals surface area contributed by atoms with E-state index in [0.717, 1.165) is 12.8 Å². The predicted octanol–water partition coefficient (Wildman–Crippen LogP) is 1.52. The van der Waals surface area contributed by atoms with Gasteiger partial charge in [0.15, 0.2) is 0 Å². The molecule has 8 heteroatoms. The number of carbonyl (C=O) groups is 4. The van der Waals surface area contributed by atoms with E-state index in [4.69, 9.17) is 9.47 Å². The van der Waals surface area contributed by atoms with Crippen LogP contribution in [0.2, 0.25) is 0 Å². The molecule has 0 aliphatic carbocycles. The Balaban J connectivity index is 1.58. The second kappa shape index (κ2) is 7.81. The summed E-state index contributed by atoms with van der Waals surface area (Å²) in [5.41, 5.74) is 0.707. The zero-order valence-electron chi connectivity index (χ0n) is 13.9. The molecule has 0 N–H and O–H groups in total. The van der Waals surface area contributed by atoms with Gasteiger partial charge in [0, 0.05) is 13.1 Å². The SMILES string of the molecule is O=C(OC(=O)c1ccc(C(=O)OC(=O)C2=NCCC2)cc1)C1=NCCC1. The number of aliphatic imine (C=N–C) groups is 2. The molecule has 0 atom stereocenters. The van der Waals surface area contributed by atoms with Gasteiger partial charge in [-0.2, -0.15) is 0 Å². The molecule has 2 heterocycles. The maximum Gasteiger partial charge on any atom is 0.360 e. The fourth-order valence-electron chi connectivity index (χ4n) is 2.56. The van der Waals surface area contributed by atoms with Crippen molar-refractivity contribution in [3.63, 3.8) is 0 Å². The highest BCUT2D eigenvalue weighted by Crippen LogP contribution is 2.11. The number of nitrogens with zero attached hydrogens (tertiary/aromatic N) is 2. The first kappa shape index (κ1) is 17.7. The van der Waals surface area contributed by atoms with Crippen LogP contribution in [0.5, 0.6) is 0 Å². The van der Waals surface area contributed by atoms with Crippen LogP contribution in [0.3, 0.4) is 0 Å². The van der Waals surface area contributed by atoms with Gasteiger partial charge in [0.1, 0.15) is 11.4 Å². The summed E-state index contributed by atoms with van der Waals surface area (Å²) in [4.78, 5) is 55.4. The zero-order chi connectivity index (χ0) is 18.5. The van der Waals surface area contributed by atoms with Gasteiger partial charge in [0.25, 0.3) is 0 Å². The van der Waals surface area contributed by atoms with E-state index in [9.17, 15) is 19.2 Å². The third kappa shape index (κ3) is 4.08. The Kier molecular flexibility index (Phi) is 5.31. The molecule has 0 spiro atoms. The number of hydrogen-bond acceptors (Lipinski definition) is 8. The topological polar surface area (TPSA) is 111 Å². The van der Waals surface area contributed by atoms with Crippen LogP contribution in [0.15, 0.2) is 34.3 Å². The van der Waals surface area contributed by atoms with E-state index in [0.29, 0.717) is 25.9 Å². The molecule has 0 bridgehead atoms. The van der Waals surface area contributed by atoms with E-state index in [1.165, 1.54) is 24.3 Å². The molecule has 0 amide bonds. The lowest BCUT2D eigenvalue weighted by Crippen LogP contribution is -2.21. The van der Waals surface area contributed by atoms with Crippen LogP contribution in [-0.2, 0) is 19.1 Å². The first-order valence-electron chi connectivity index (χ1n) is 8.24. The minimum atomic E-state index is -0.832. The van der Waals surface area contributed by atoms with Crippen molar-refractivity contribution in [3.05, 3.63) is 35.4 Å². The van der Waals surface area contributed by atoms with Crippen LogP contribution in [-0.4, -0.2) is 48.4 Å². The third-order valence-corrected chi connectivity index (χ3v) is 3.95. The third-order valence-electron chi connectivity index (χ3n) is 3.95. The molecular weight excluding hydrogens is 340 g/mol. The van der Waals surface area contributed by atoms with Crippen molar-refractivity contribution >= 4 is 35.3 Å². The van der Waals surface area contributed by atoms with Gasteiger partial charge in [-0.3, -0.25) is 9.98 Å². The average Bonchev–Trinajstić information content (AvgIpc) is 3.35. The van der Waals surface area contributed by atoms with Gasteiger partial charge in [-0.15, -0.1) is 0 Å². The van der Waals surface area contributed by atoms with Crippen molar-refractivity contribution in [2.75, 3.05) is 13.1 Å². The van der Waals surface area contributed by atoms with E-state index in [1.54, 1.807) is 0 Å². The number of rotatable bonds is 4. The van der Waals surface area contributed by atoms with Gasteiger partial charge in [0.2, 0.25) is 0 Å². The number of carbonyl (C=O) groups excluding carboxylic acids is 4. The van der Waals surface area contributed by atoms with Gasteiger partial charge < -0.3 is 9.47 Å². The summed E-state index contributed by atoms with van der Waals surface area (Å²) < 4.78 is 9.52. The van der Waals surface area contributed by atoms with E-state index in [-0.39, 0.29) is 22.6 Å². The highest BCUT2D eigenvalue weighted by Gasteiger charge is 2.23. The molecule has 0 saturated carbocycles. The summed E-state index contributed by atoms with van der Waals surface area (Å²) in [6.45, 7) is 1.11. The quantitative estimate of drug-likeness (QED) is 0.597. The van der Waals surface area contributed by atoms with Crippen molar-refractivity contribution in [2.24, 2.45) is 9.98 Å². The van der Waals surface area contributed by atoms with Crippen LogP contribution in [0.4, 0.5) is 0 Å². The highest BCUT2D eigenvalue weighted by atomic mass is 16.6. The maximum absolute atomic E-state index is 12.0. The summed E-state index contributed by atoms with van der Waals surface area (Å²) in [6.07, 6.45) is 2.52. The Morgan fingerprint density at radius 3 is 1.35 bits per heavy atom. The molecule has 2 aliphatic heterocycles. The second-order valence-corrected chi connectivity index (χ2v) is 5.80. The van der Waals surface area contributed by atoms with Crippen LogP contribution in [0.1, 0.15) is 46.4 Å². The van der Waals surface area contributed by atoms with E-state index < -0.39 is 23.9 Å². The number of ether oxygens (including phenoxy) is 2. The Morgan fingerprint density at radius 2 is 1.04 bits per heavy atom. The molecule has 2 aliphatic rings. The van der Waals surface area contributed by atoms with Crippen molar-refractivity contribution in [3.8, 4) is 0 Å². The second-order valence-electron chi connectivity index (χ2n) is 5.80. The fourth-order valence-corrected chi connectivity index (χ4v) is 2.56. The van der Waals surface area contributed by atoms with E-state index in [1.807, 2.05) is 0 Å². The van der Waals surface area contributed by atoms with Crippen molar-refractivity contribution in [1.82, 2.24) is 0 Å². The number of hydrogen-bond donors (Lipinski definition) is 0. The average molecular weight is 356 g/mol. The molecule has 3 rings (SSSR count). The van der Waals surface area contributed by atoms with Crippen molar-refractivity contribution in [2.45, 2.75) is 25.7 Å². The Morgan fingerprint density at radius 1 is 0.654 bits per heavy atom. The van der Waals surface area contributed by atoms with E-state index >= 15 is 0 Å². The zero-order valence-corrected chi connectivity index (χ0v) is 13.9. The normalized spacial score (nSPS) is 15.8. The largest absolute Gasteiger partial charge is 0.385 e. The molecule has 1 aromatic carbocycles. The Labute approximate surface area is 148 Å². The van der Waals surface area contributed by atoms with Gasteiger partial charge in [-0.05, 0) is 49.9 Å². The molecular formula is C18H16N2O6. The Hall–Kier alpha value is -3.16. The predicted molar refractivity (Wildman–Crippen MR) is 90.4 cm³/mol. The van der Waals surface area contributed by atoms with Gasteiger partial charge in [-0.25, -0.2) is 19.2 Å². The molecule has 8 nitrogen and oxygen atoms in total. The van der Waals surface area contributed by atoms with Crippen molar-refractivity contribution < 1.29 is 28.7 Å². The molecule has 0 aromatic heterocycles. The summed E-state index contributed by atoms with van der Waals surface area (Å²) in [6, 6.07) is 5.28. The molecule has 134 valence electrons. The van der Waals surface area contributed by atoms with Crippen LogP contribution >= 0.6 is 0 Å².